The number of rotatable bonds is 5. The summed E-state index contributed by atoms with van der Waals surface area (Å²) in [7, 11) is -3.58. The van der Waals surface area contributed by atoms with Crippen molar-refractivity contribution in [2.45, 2.75) is 11.8 Å². The molecule has 1 aliphatic heterocycles. The van der Waals surface area contributed by atoms with Crippen LogP contribution in [-0.4, -0.2) is 48.9 Å². The smallest absolute Gasteiger partial charge is 0.243 e. The van der Waals surface area contributed by atoms with Crippen molar-refractivity contribution in [2.75, 3.05) is 36.4 Å². The third kappa shape index (κ3) is 4.56. The lowest BCUT2D eigenvalue weighted by molar-refractivity contribution is 0.382. The van der Waals surface area contributed by atoms with E-state index >= 15 is 0 Å². The molecule has 30 heavy (non-hydrogen) atoms. The predicted molar refractivity (Wildman–Crippen MR) is 119 cm³/mol. The van der Waals surface area contributed by atoms with Gasteiger partial charge in [-0.1, -0.05) is 35.9 Å². The Hall–Kier alpha value is -2.68. The van der Waals surface area contributed by atoms with E-state index in [9.17, 15) is 8.42 Å². The first kappa shape index (κ1) is 20.6. The normalized spacial score (nSPS) is 15.2. The zero-order chi connectivity index (χ0) is 21.1. The van der Waals surface area contributed by atoms with Gasteiger partial charge in [0.25, 0.3) is 0 Å². The molecular formula is C21H22ClN5O2S. The molecule has 156 valence electrons. The van der Waals surface area contributed by atoms with Gasteiger partial charge in [-0.25, -0.2) is 13.4 Å². The second-order valence-corrected chi connectivity index (χ2v) is 9.41. The van der Waals surface area contributed by atoms with E-state index in [0.717, 1.165) is 11.4 Å². The third-order valence-electron chi connectivity index (χ3n) is 4.84. The molecule has 0 amide bonds. The summed E-state index contributed by atoms with van der Waals surface area (Å²) in [5.74, 6) is 1.30. The number of piperazine rings is 1. The summed E-state index contributed by atoms with van der Waals surface area (Å²) in [6.07, 6.45) is 0. The summed E-state index contributed by atoms with van der Waals surface area (Å²) in [6, 6.07) is 18.0. The molecule has 1 aromatic heterocycles. The van der Waals surface area contributed by atoms with E-state index < -0.39 is 10.0 Å². The Kier molecular flexibility index (Phi) is 5.90. The topological polar surface area (TPSA) is 78.4 Å². The minimum atomic E-state index is -3.58. The van der Waals surface area contributed by atoms with Crippen LogP contribution in [0, 0.1) is 6.92 Å². The molecule has 9 heteroatoms. The molecule has 0 atom stereocenters. The highest BCUT2D eigenvalue weighted by Crippen LogP contribution is 2.23. The van der Waals surface area contributed by atoms with Gasteiger partial charge in [0.15, 0.2) is 0 Å². The molecule has 0 bridgehead atoms. The zero-order valence-corrected chi connectivity index (χ0v) is 18.1. The maximum absolute atomic E-state index is 12.9. The molecule has 0 aliphatic carbocycles. The van der Waals surface area contributed by atoms with Crippen LogP contribution in [0.2, 0.25) is 5.02 Å². The fraction of sp³-hybridized carbons (Fsp3) is 0.238. The Balaban J connectivity index is 1.47. The molecule has 0 radical (unpaired) electrons. The highest BCUT2D eigenvalue weighted by atomic mass is 35.5. The molecule has 7 nitrogen and oxygen atoms in total. The van der Waals surface area contributed by atoms with Crippen LogP contribution < -0.4 is 10.2 Å². The lowest BCUT2D eigenvalue weighted by Gasteiger charge is -2.34. The lowest BCUT2D eigenvalue weighted by Crippen LogP contribution is -2.49. The number of hydrogen-bond donors (Lipinski definition) is 1. The first-order chi connectivity index (χ1) is 14.4. The molecule has 0 unspecified atom stereocenters. The zero-order valence-electron chi connectivity index (χ0n) is 16.5. The molecule has 1 saturated heterocycles. The van der Waals surface area contributed by atoms with Crippen LogP contribution in [0.15, 0.2) is 65.6 Å². The van der Waals surface area contributed by atoms with Crippen LogP contribution in [0.1, 0.15) is 5.69 Å². The molecule has 1 N–H and O–H groups in total. The molecule has 4 rings (SSSR count). The van der Waals surface area contributed by atoms with Crippen molar-refractivity contribution >= 4 is 39.1 Å². The number of nitrogens with zero attached hydrogens (tertiary/aromatic N) is 4. The second kappa shape index (κ2) is 8.59. The van der Waals surface area contributed by atoms with Crippen molar-refractivity contribution in [3.05, 3.63) is 71.4 Å². The lowest BCUT2D eigenvalue weighted by atomic mass is 10.3. The quantitative estimate of drug-likeness (QED) is 0.647. The molecule has 3 aromatic rings. The summed E-state index contributed by atoms with van der Waals surface area (Å²) in [4.78, 5) is 11.4. The highest BCUT2D eigenvalue weighted by Gasteiger charge is 2.29. The third-order valence-corrected chi connectivity index (χ3v) is 6.97. The van der Waals surface area contributed by atoms with Crippen LogP contribution >= 0.6 is 11.6 Å². The van der Waals surface area contributed by atoms with Gasteiger partial charge < -0.3 is 10.2 Å². The van der Waals surface area contributed by atoms with Crippen LogP contribution in [0.5, 0.6) is 0 Å². The first-order valence-electron chi connectivity index (χ1n) is 9.60. The number of nitrogens with one attached hydrogen (secondary N) is 1. The molecule has 2 aromatic carbocycles. The fourth-order valence-corrected chi connectivity index (χ4v) is 5.06. The van der Waals surface area contributed by atoms with Crippen LogP contribution in [0.25, 0.3) is 0 Å². The molecule has 2 heterocycles. The number of halogens is 1. The largest absolute Gasteiger partial charge is 0.340 e. The molecule has 0 spiro atoms. The number of para-hydroxylation sites is 1. The van der Waals surface area contributed by atoms with Gasteiger partial charge in [0.1, 0.15) is 5.82 Å². The molecule has 1 fully saturated rings. The number of anilines is 3. The standard InChI is InChI=1S/C21H22ClN5O2S/c1-16-14-20(24-18-7-3-2-4-8-18)25-21(23-16)26-10-12-27(13-11-26)30(28,29)19-9-5-6-17(22)15-19/h2-9,14-15H,10-13H2,1H3,(H,23,24,25). The van der Waals surface area contributed by atoms with Crippen LogP contribution in [0.4, 0.5) is 17.5 Å². The summed E-state index contributed by atoms with van der Waals surface area (Å²) in [6.45, 7) is 3.64. The van der Waals surface area contributed by atoms with Crippen molar-refractivity contribution in [1.29, 1.82) is 0 Å². The van der Waals surface area contributed by atoms with Crippen molar-refractivity contribution in [3.63, 3.8) is 0 Å². The van der Waals surface area contributed by atoms with E-state index in [-0.39, 0.29) is 4.90 Å². The van der Waals surface area contributed by atoms with Gasteiger partial charge in [0.05, 0.1) is 4.90 Å². The molecule has 0 saturated carbocycles. The molecular weight excluding hydrogens is 422 g/mol. The average molecular weight is 444 g/mol. The minimum absolute atomic E-state index is 0.213. The van der Waals surface area contributed by atoms with Gasteiger partial charge in [0.2, 0.25) is 16.0 Å². The number of benzene rings is 2. The van der Waals surface area contributed by atoms with E-state index in [4.69, 9.17) is 11.6 Å². The van der Waals surface area contributed by atoms with E-state index in [1.165, 1.54) is 10.4 Å². The SMILES string of the molecule is Cc1cc(Nc2ccccc2)nc(N2CCN(S(=O)(=O)c3cccc(Cl)c3)CC2)n1. The van der Waals surface area contributed by atoms with E-state index in [1.807, 2.05) is 48.2 Å². The maximum Gasteiger partial charge on any atom is 0.243 e. The van der Waals surface area contributed by atoms with Gasteiger partial charge >= 0.3 is 0 Å². The van der Waals surface area contributed by atoms with Crippen molar-refractivity contribution < 1.29 is 8.42 Å². The number of aryl methyl sites for hydroxylation is 1. The van der Waals surface area contributed by atoms with E-state index in [0.29, 0.717) is 43.0 Å². The predicted octanol–water partition coefficient (Wildman–Crippen LogP) is 3.69. The molecule has 1 aliphatic rings. The number of sulfonamides is 1. The van der Waals surface area contributed by atoms with Gasteiger partial charge in [-0.05, 0) is 37.3 Å². The monoisotopic (exact) mass is 443 g/mol. The Labute approximate surface area is 181 Å². The Morgan fingerprint density at radius 3 is 2.37 bits per heavy atom. The minimum Gasteiger partial charge on any atom is -0.340 e. The maximum atomic E-state index is 12.9. The van der Waals surface area contributed by atoms with Crippen molar-refractivity contribution in [3.8, 4) is 0 Å². The van der Waals surface area contributed by atoms with Gasteiger partial charge in [-0.2, -0.15) is 9.29 Å². The fourth-order valence-electron chi connectivity index (χ4n) is 3.33. The van der Waals surface area contributed by atoms with E-state index in [1.54, 1.807) is 18.2 Å². The first-order valence-corrected chi connectivity index (χ1v) is 11.4. The second-order valence-electron chi connectivity index (χ2n) is 7.03. The number of aromatic nitrogens is 2. The highest BCUT2D eigenvalue weighted by molar-refractivity contribution is 7.89. The average Bonchev–Trinajstić information content (AvgIpc) is 2.74. The van der Waals surface area contributed by atoms with Crippen LogP contribution in [0.3, 0.4) is 0 Å². The Morgan fingerprint density at radius 2 is 1.67 bits per heavy atom. The summed E-state index contributed by atoms with van der Waals surface area (Å²) in [5, 5.41) is 3.69. The van der Waals surface area contributed by atoms with Gasteiger partial charge in [-0.15, -0.1) is 0 Å². The van der Waals surface area contributed by atoms with Crippen molar-refractivity contribution in [1.82, 2.24) is 14.3 Å². The summed E-state index contributed by atoms with van der Waals surface area (Å²) < 4.78 is 27.3. The van der Waals surface area contributed by atoms with Crippen molar-refractivity contribution in [2.24, 2.45) is 0 Å². The Morgan fingerprint density at radius 1 is 0.933 bits per heavy atom. The van der Waals surface area contributed by atoms with Gasteiger partial charge in [-0.3, -0.25) is 0 Å². The summed E-state index contributed by atoms with van der Waals surface area (Å²) >= 11 is 5.97. The summed E-state index contributed by atoms with van der Waals surface area (Å²) in [5.41, 5.74) is 1.78. The van der Waals surface area contributed by atoms with Crippen LogP contribution in [-0.2, 0) is 10.0 Å². The number of hydrogen-bond acceptors (Lipinski definition) is 6. The Bertz CT molecular complexity index is 1130. The van der Waals surface area contributed by atoms with Gasteiger partial charge in [0, 0.05) is 48.6 Å². The van der Waals surface area contributed by atoms with E-state index in [2.05, 4.69) is 15.3 Å².